The first kappa shape index (κ1) is 16.9. The Bertz CT molecular complexity index is 953. The molecule has 0 atom stereocenters. The van der Waals surface area contributed by atoms with E-state index in [0.29, 0.717) is 5.82 Å². The molecule has 1 N–H and O–H groups in total. The molecule has 10 heteroatoms. The molecule has 0 fully saturated rings. The third-order valence-electron chi connectivity index (χ3n) is 3.30. The lowest BCUT2D eigenvalue weighted by Gasteiger charge is -1.99. The Hall–Kier alpha value is -3.95. The Morgan fingerprint density at radius 3 is 2.69 bits per heavy atom. The van der Waals surface area contributed by atoms with Crippen LogP contribution in [0.2, 0.25) is 0 Å². The number of carbonyl (C=O) groups excluding carboxylic acids is 1. The van der Waals surface area contributed by atoms with Gasteiger partial charge >= 0.3 is 0 Å². The predicted molar refractivity (Wildman–Crippen MR) is 92.1 cm³/mol. The second-order valence-corrected chi connectivity index (χ2v) is 5.12. The van der Waals surface area contributed by atoms with Crippen molar-refractivity contribution >= 4 is 17.8 Å². The number of benzene rings is 2. The van der Waals surface area contributed by atoms with E-state index >= 15 is 0 Å². The fourth-order valence-corrected chi connectivity index (χ4v) is 2.11. The molecule has 0 spiro atoms. The average Bonchev–Trinajstić information content (AvgIpc) is 3.11. The molecule has 26 heavy (non-hydrogen) atoms. The highest BCUT2D eigenvalue weighted by Gasteiger charge is 2.11. The number of nitro groups is 1. The van der Waals surface area contributed by atoms with Gasteiger partial charge in [-0.1, -0.05) is 42.5 Å². The van der Waals surface area contributed by atoms with Crippen molar-refractivity contribution < 1.29 is 9.72 Å². The number of aromatic nitrogens is 4. The monoisotopic (exact) mass is 351 g/mol. The van der Waals surface area contributed by atoms with Gasteiger partial charge in [0.05, 0.1) is 16.7 Å². The number of amides is 1. The normalized spacial score (nSPS) is 10.8. The third kappa shape index (κ3) is 4.12. The summed E-state index contributed by atoms with van der Waals surface area (Å²) in [5, 5.41) is 26.4. The standard InChI is InChI=1S/C16H13N7O3/c24-15(18-17-10-13-8-4-5-9-14(13)23(25)26)11-22-20-16(19-21-22)12-6-2-1-3-7-12/h1-10H,11H2,(H,18,24). The lowest BCUT2D eigenvalue weighted by Crippen LogP contribution is -2.24. The Morgan fingerprint density at radius 2 is 1.92 bits per heavy atom. The molecule has 3 aromatic rings. The van der Waals surface area contributed by atoms with Crippen LogP contribution in [-0.2, 0) is 11.3 Å². The first-order valence-corrected chi connectivity index (χ1v) is 7.52. The number of para-hydroxylation sites is 1. The summed E-state index contributed by atoms with van der Waals surface area (Å²) in [7, 11) is 0. The van der Waals surface area contributed by atoms with Crippen LogP contribution in [0.15, 0.2) is 59.7 Å². The van der Waals surface area contributed by atoms with Crippen LogP contribution in [0.1, 0.15) is 5.56 Å². The topological polar surface area (TPSA) is 128 Å². The van der Waals surface area contributed by atoms with Crippen LogP contribution in [0.4, 0.5) is 5.69 Å². The molecule has 0 aliphatic carbocycles. The zero-order valence-corrected chi connectivity index (χ0v) is 13.4. The van der Waals surface area contributed by atoms with E-state index in [9.17, 15) is 14.9 Å². The number of carbonyl (C=O) groups is 1. The second kappa shape index (κ2) is 7.75. The van der Waals surface area contributed by atoms with E-state index in [1.807, 2.05) is 30.3 Å². The van der Waals surface area contributed by atoms with Crippen molar-refractivity contribution in [1.82, 2.24) is 25.6 Å². The molecule has 0 saturated carbocycles. The van der Waals surface area contributed by atoms with Gasteiger partial charge in [0.2, 0.25) is 5.82 Å². The molecule has 0 bridgehead atoms. The van der Waals surface area contributed by atoms with Gasteiger partial charge in [0, 0.05) is 11.6 Å². The molecule has 0 saturated heterocycles. The molecule has 10 nitrogen and oxygen atoms in total. The van der Waals surface area contributed by atoms with Gasteiger partial charge in [-0.2, -0.15) is 9.90 Å². The van der Waals surface area contributed by atoms with Gasteiger partial charge in [0.1, 0.15) is 6.54 Å². The summed E-state index contributed by atoms with van der Waals surface area (Å²) in [6, 6.07) is 15.3. The fourth-order valence-electron chi connectivity index (χ4n) is 2.11. The van der Waals surface area contributed by atoms with E-state index < -0.39 is 10.8 Å². The predicted octanol–water partition coefficient (Wildman–Crippen LogP) is 1.40. The van der Waals surface area contributed by atoms with Crippen molar-refractivity contribution in [3.05, 3.63) is 70.3 Å². The highest BCUT2D eigenvalue weighted by Crippen LogP contribution is 2.15. The lowest BCUT2D eigenvalue weighted by molar-refractivity contribution is -0.385. The molecule has 3 rings (SSSR count). The van der Waals surface area contributed by atoms with E-state index in [2.05, 4.69) is 25.9 Å². The molecule has 0 aliphatic rings. The molecule has 2 aromatic carbocycles. The van der Waals surface area contributed by atoms with Crippen molar-refractivity contribution in [2.45, 2.75) is 6.54 Å². The number of hydrazone groups is 1. The largest absolute Gasteiger partial charge is 0.278 e. The summed E-state index contributed by atoms with van der Waals surface area (Å²) in [4.78, 5) is 23.4. The first-order chi connectivity index (χ1) is 12.6. The maximum Gasteiger partial charge on any atom is 0.278 e. The van der Waals surface area contributed by atoms with Crippen molar-refractivity contribution in [2.75, 3.05) is 0 Å². The highest BCUT2D eigenvalue weighted by atomic mass is 16.6. The average molecular weight is 351 g/mol. The number of nitro benzene ring substituents is 1. The molecular weight excluding hydrogens is 338 g/mol. The quantitative estimate of drug-likeness (QED) is 0.406. The zero-order chi connectivity index (χ0) is 18.4. The molecule has 0 radical (unpaired) electrons. The van der Waals surface area contributed by atoms with Gasteiger partial charge in [-0.15, -0.1) is 10.2 Å². The van der Waals surface area contributed by atoms with Crippen LogP contribution in [0.5, 0.6) is 0 Å². The minimum atomic E-state index is -0.520. The Balaban J connectivity index is 1.60. The van der Waals surface area contributed by atoms with Crippen molar-refractivity contribution in [2.24, 2.45) is 5.10 Å². The summed E-state index contributed by atoms with van der Waals surface area (Å²) < 4.78 is 0. The van der Waals surface area contributed by atoms with Gasteiger partial charge < -0.3 is 0 Å². The molecule has 1 heterocycles. The van der Waals surface area contributed by atoms with Crippen molar-refractivity contribution in [1.29, 1.82) is 0 Å². The summed E-state index contributed by atoms with van der Waals surface area (Å²) >= 11 is 0. The van der Waals surface area contributed by atoms with Crippen molar-refractivity contribution in [3.8, 4) is 11.4 Å². The minimum Gasteiger partial charge on any atom is -0.271 e. The molecule has 0 unspecified atom stereocenters. The maximum absolute atomic E-state index is 11.9. The molecule has 1 amide bonds. The Morgan fingerprint density at radius 1 is 1.19 bits per heavy atom. The van der Waals surface area contributed by atoms with E-state index in [1.165, 1.54) is 18.3 Å². The summed E-state index contributed by atoms with van der Waals surface area (Å²) in [6.45, 7) is -0.186. The first-order valence-electron chi connectivity index (χ1n) is 7.52. The van der Waals surface area contributed by atoms with Crippen LogP contribution in [-0.4, -0.2) is 37.3 Å². The third-order valence-corrected chi connectivity index (χ3v) is 3.30. The van der Waals surface area contributed by atoms with E-state index in [4.69, 9.17) is 0 Å². The Labute approximate surface area is 147 Å². The van der Waals surface area contributed by atoms with Crippen LogP contribution < -0.4 is 5.43 Å². The molecule has 0 aliphatic heterocycles. The number of nitrogens with zero attached hydrogens (tertiary/aromatic N) is 6. The number of nitrogens with one attached hydrogen (secondary N) is 1. The Kier molecular flexibility index (Phi) is 5.03. The second-order valence-electron chi connectivity index (χ2n) is 5.12. The number of tetrazole rings is 1. The van der Waals surface area contributed by atoms with Gasteiger partial charge in [-0.3, -0.25) is 14.9 Å². The van der Waals surface area contributed by atoms with E-state index in [1.54, 1.807) is 12.1 Å². The number of hydrogen-bond acceptors (Lipinski definition) is 7. The molecular formula is C16H13N7O3. The SMILES string of the molecule is O=C(Cn1nnc(-c2ccccc2)n1)NN=Cc1ccccc1[N+](=O)[O-]. The summed E-state index contributed by atoms with van der Waals surface area (Å²) in [6.07, 6.45) is 1.21. The van der Waals surface area contributed by atoms with Crippen LogP contribution in [0, 0.1) is 10.1 Å². The summed E-state index contributed by atoms with van der Waals surface area (Å²) in [5.41, 5.74) is 3.24. The van der Waals surface area contributed by atoms with Crippen LogP contribution >= 0.6 is 0 Å². The smallest absolute Gasteiger partial charge is 0.271 e. The number of hydrogen-bond donors (Lipinski definition) is 1. The molecule has 1 aromatic heterocycles. The fraction of sp³-hybridized carbons (Fsp3) is 0.0625. The summed E-state index contributed by atoms with van der Waals surface area (Å²) in [5.74, 6) is -0.0846. The minimum absolute atomic E-state index is 0.101. The van der Waals surface area contributed by atoms with Crippen molar-refractivity contribution in [3.63, 3.8) is 0 Å². The van der Waals surface area contributed by atoms with Gasteiger partial charge in [-0.25, -0.2) is 5.43 Å². The van der Waals surface area contributed by atoms with Gasteiger partial charge in [-0.05, 0) is 11.3 Å². The lowest BCUT2D eigenvalue weighted by atomic mass is 10.2. The number of rotatable bonds is 6. The maximum atomic E-state index is 11.9. The van der Waals surface area contributed by atoms with Crippen LogP contribution in [0.25, 0.3) is 11.4 Å². The zero-order valence-electron chi connectivity index (χ0n) is 13.4. The van der Waals surface area contributed by atoms with Gasteiger partial charge in [0.25, 0.3) is 11.6 Å². The van der Waals surface area contributed by atoms with E-state index in [0.717, 1.165) is 10.4 Å². The van der Waals surface area contributed by atoms with Gasteiger partial charge in [0.15, 0.2) is 0 Å². The van der Waals surface area contributed by atoms with E-state index in [-0.39, 0.29) is 17.8 Å². The van der Waals surface area contributed by atoms with Crippen LogP contribution in [0.3, 0.4) is 0 Å². The molecule has 130 valence electrons. The highest BCUT2D eigenvalue weighted by molar-refractivity contribution is 5.86.